The average molecular weight is 338 g/mol. The van der Waals surface area contributed by atoms with Gasteiger partial charge in [-0.2, -0.15) is 9.58 Å². The second-order valence-electron chi connectivity index (χ2n) is 3.55. The van der Waals surface area contributed by atoms with Gasteiger partial charge < -0.3 is 22.1 Å². The largest absolute Gasteiger partial charge is 0.409 e. The number of nitrogen functional groups attached to an aromatic ring is 2. The molecule has 0 saturated carbocycles. The van der Waals surface area contributed by atoms with E-state index in [1.807, 2.05) is 0 Å². The predicted molar refractivity (Wildman–Crippen MR) is 69.3 cm³/mol. The number of hydrogen-bond acceptors (Lipinski definition) is 14. The van der Waals surface area contributed by atoms with E-state index in [1.165, 1.54) is 12.4 Å². The smallest absolute Gasteiger partial charge is 0.264 e. The van der Waals surface area contributed by atoms with Crippen LogP contribution in [0.1, 0.15) is 0 Å². The summed E-state index contributed by atoms with van der Waals surface area (Å²) in [6, 6.07) is 0. The second kappa shape index (κ2) is 7.58. The molecular weight excluding hydrogens is 328 g/mol. The lowest BCUT2D eigenvalue weighted by Crippen LogP contribution is -2.07. The predicted octanol–water partition coefficient (Wildman–Crippen LogP) is -4.21. The topological polar surface area (TPSA) is 241 Å². The van der Waals surface area contributed by atoms with Crippen LogP contribution in [0.3, 0.4) is 0 Å². The molecule has 6 N–H and O–H groups in total. The Hall–Kier alpha value is -4.38. The fourth-order valence-corrected chi connectivity index (χ4v) is 1.07. The van der Waals surface area contributed by atoms with Crippen molar-refractivity contribution in [2.24, 2.45) is 0 Å². The van der Waals surface area contributed by atoms with Gasteiger partial charge in [-0.25, -0.2) is 0 Å². The summed E-state index contributed by atoms with van der Waals surface area (Å²) in [5.74, 6) is 9.74. The van der Waals surface area contributed by atoms with Crippen LogP contribution in [0.2, 0.25) is 0 Å². The van der Waals surface area contributed by atoms with Crippen molar-refractivity contribution in [3.8, 4) is 11.6 Å². The van der Waals surface area contributed by atoms with Crippen molar-refractivity contribution in [2.75, 3.05) is 11.7 Å². The van der Waals surface area contributed by atoms with Gasteiger partial charge in [0.25, 0.3) is 11.6 Å². The number of rotatable bonds is 1. The van der Waals surface area contributed by atoms with Crippen LogP contribution < -0.4 is 11.7 Å². The van der Waals surface area contributed by atoms with Crippen LogP contribution in [0.15, 0.2) is 24.8 Å². The van der Waals surface area contributed by atoms with Gasteiger partial charge in [0, 0.05) is 0 Å². The molecule has 18 heteroatoms. The Labute approximate surface area is 130 Å². The van der Waals surface area contributed by atoms with Gasteiger partial charge in [0.05, 0.1) is 24.8 Å². The van der Waals surface area contributed by atoms with E-state index in [1.54, 1.807) is 12.4 Å². The summed E-state index contributed by atoms with van der Waals surface area (Å²) in [6.45, 7) is 0. The van der Waals surface area contributed by atoms with Gasteiger partial charge in [-0.15, -0.1) is 20.4 Å². The van der Waals surface area contributed by atoms with Gasteiger partial charge >= 0.3 is 0 Å². The molecule has 0 spiro atoms. The van der Waals surface area contributed by atoms with E-state index >= 15 is 0 Å². The van der Waals surface area contributed by atoms with Gasteiger partial charge in [0.1, 0.15) is 0 Å². The molecule has 0 aliphatic carbocycles. The van der Waals surface area contributed by atoms with E-state index in [0.29, 0.717) is 9.69 Å². The Morgan fingerprint density at radius 2 is 1.12 bits per heavy atom. The van der Waals surface area contributed by atoms with Crippen molar-refractivity contribution < 1.29 is 10.4 Å². The molecule has 0 radical (unpaired) electrons. The van der Waals surface area contributed by atoms with Gasteiger partial charge in [0.15, 0.2) is 0 Å². The van der Waals surface area contributed by atoms with E-state index in [9.17, 15) is 0 Å². The summed E-state index contributed by atoms with van der Waals surface area (Å²) in [5.41, 5.74) is 0. The fraction of sp³-hybridized carbons (Fsp3) is 0. The molecule has 126 valence electrons. The molecular formula is C6H10N16O2. The molecule has 18 nitrogen and oxygen atoms in total. The van der Waals surface area contributed by atoms with Crippen LogP contribution in [-0.2, 0) is 0 Å². The first kappa shape index (κ1) is 16.0. The maximum absolute atomic E-state index is 8.91. The molecule has 0 bridgehead atoms. The summed E-state index contributed by atoms with van der Waals surface area (Å²) in [7, 11) is 0. The third-order valence-electron chi connectivity index (χ3n) is 1.99. The highest BCUT2D eigenvalue weighted by Crippen LogP contribution is 2.06. The third-order valence-corrected chi connectivity index (χ3v) is 1.99. The van der Waals surface area contributed by atoms with Gasteiger partial charge in [0.2, 0.25) is 0 Å². The van der Waals surface area contributed by atoms with E-state index in [2.05, 4.69) is 51.7 Å². The lowest BCUT2D eigenvalue weighted by atomic mass is 10.6. The molecule has 4 aromatic rings. The zero-order valence-corrected chi connectivity index (χ0v) is 11.6. The minimum absolute atomic E-state index is 0.150. The van der Waals surface area contributed by atoms with Crippen molar-refractivity contribution in [1.29, 1.82) is 0 Å². The first-order valence-electron chi connectivity index (χ1n) is 5.76. The van der Waals surface area contributed by atoms with E-state index in [-0.39, 0.29) is 11.6 Å². The van der Waals surface area contributed by atoms with Crippen LogP contribution >= 0.6 is 0 Å². The minimum Gasteiger partial charge on any atom is -0.409 e. The van der Waals surface area contributed by atoms with Gasteiger partial charge in [-0.05, 0) is 31.3 Å². The molecule has 0 atom stereocenters. The number of nitrogens with zero attached hydrogens (tertiary/aromatic N) is 14. The number of nitrogens with two attached hydrogens (primary N) is 2. The molecule has 0 saturated heterocycles. The Bertz CT molecular complexity index is 744. The Morgan fingerprint density at radius 3 is 1.29 bits per heavy atom. The summed E-state index contributed by atoms with van der Waals surface area (Å²) in [5, 5.41) is 50.5. The maximum Gasteiger partial charge on any atom is 0.264 e. The van der Waals surface area contributed by atoms with Crippen LogP contribution in [0.25, 0.3) is 11.6 Å². The molecule has 0 aromatic carbocycles. The highest BCUT2D eigenvalue weighted by atomic mass is 16.5. The molecule has 24 heavy (non-hydrogen) atoms. The molecule has 4 heterocycles. The molecule has 4 rings (SSSR count). The van der Waals surface area contributed by atoms with Crippen LogP contribution in [0.4, 0.5) is 0 Å². The quantitative estimate of drug-likeness (QED) is 0.190. The third kappa shape index (κ3) is 4.31. The Kier molecular flexibility index (Phi) is 5.05. The number of hydrogen-bond donors (Lipinski definition) is 4. The Morgan fingerprint density at radius 1 is 0.708 bits per heavy atom. The lowest BCUT2D eigenvalue weighted by Gasteiger charge is -1.91. The monoisotopic (exact) mass is 338 g/mol. The van der Waals surface area contributed by atoms with Crippen molar-refractivity contribution in [3.05, 3.63) is 24.8 Å². The number of tetrazole rings is 2. The molecule has 0 aliphatic rings. The Balaban J connectivity index is 0.000000146. The summed E-state index contributed by atoms with van der Waals surface area (Å²) in [6.07, 6.45) is 6.14. The standard InChI is InChI=1S/C2H2N8O2.2C2H4N4/c11-9-1(3-5-7-9)2-4-6-8-10(2)12;2*3-6-2-1-4-5-6/h11-12H;2*1-2H,3H2. The maximum atomic E-state index is 8.91. The van der Waals surface area contributed by atoms with Crippen molar-refractivity contribution in [2.45, 2.75) is 0 Å². The second-order valence-corrected chi connectivity index (χ2v) is 3.55. The highest BCUT2D eigenvalue weighted by molar-refractivity contribution is 5.39. The minimum atomic E-state index is -0.150. The molecule has 0 aliphatic heterocycles. The molecule has 0 fully saturated rings. The van der Waals surface area contributed by atoms with Crippen molar-refractivity contribution in [3.63, 3.8) is 0 Å². The lowest BCUT2D eigenvalue weighted by molar-refractivity contribution is 0.131. The van der Waals surface area contributed by atoms with Crippen LogP contribution in [-0.4, -0.2) is 81.4 Å². The first-order valence-corrected chi connectivity index (χ1v) is 5.76. The number of aromatic nitrogens is 14. The zero-order valence-electron chi connectivity index (χ0n) is 11.6. The normalized spacial score (nSPS) is 9.50. The summed E-state index contributed by atoms with van der Waals surface area (Å²) >= 11 is 0. The zero-order chi connectivity index (χ0) is 17.4. The molecule has 0 unspecified atom stereocenters. The van der Waals surface area contributed by atoms with Crippen LogP contribution in [0.5, 0.6) is 0 Å². The molecule has 4 aromatic heterocycles. The van der Waals surface area contributed by atoms with Crippen molar-refractivity contribution >= 4 is 0 Å². The summed E-state index contributed by atoms with van der Waals surface area (Å²) in [4.78, 5) is 2.97. The SMILES string of the molecule is Nn1ccnn1.Nn1ccnn1.On1nnnc1-c1nnnn1O. The van der Waals surface area contributed by atoms with Crippen molar-refractivity contribution in [1.82, 2.24) is 70.9 Å². The van der Waals surface area contributed by atoms with E-state index in [0.717, 1.165) is 9.58 Å². The van der Waals surface area contributed by atoms with E-state index in [4.69, 9.17) is 22.1 Å². The highest BCUT2D eigenvalue weighted by Gasteiger charge is 2.15. The first-order chi connectivity index (χ1) is 11.6. The van der Waals surface area contributed by atoms with Gasteiger partial charge in [-0.1, -0.05) is 9.69 Å². The van der Waals surface area contributed by atoms with Crippen LogP contribution in [0, 0.1) is 0 Å². The molecule has 0 amide bonds. The average Bonchev–Trinajstić information content (AvgIpc) is 3.32. The fourth-order valence-electron chi connectivity index (χ4n) is 1.07. The van der Waals surface area contributed by atoms with Gasteiger partial charge in [-0.3, -0.25) is 0 Å². The van der Waals surface area contributed by atoms with E-state index < -0.39 is 0 Å². The summed E-state index contributed by atoms with van der Waals surface area (Å²) < 4.78 is 0.